The highest BCUT2D eigenvalue weighted by Crippen LogP contribution is 2.33. The number of aromatic nitrogens is 1. The lowest BCUT2D eigenvalue weighted by atomic mass is 10.0. The summed E-state index contributed by atoms with van der Waals surface area (Å²) < 4.78 is 10.9. The molecule has 0 aliphatic carbocycles. The molecule has 0 radical (unpaired) electrons. The molecule has 2 aromatic rings. The van der Waals surface area contributed by atoms with Crippen molar-refractivity contribution in [3.05, 3.63) is 59.9 Å². The van der Waals surface area contributed by atoms with Crippen molar-refractivity contribution >= 4 is 12.0 Å². The highest BCUT2D eigenvalue weighted by atomic mass is 16.7. The molecular weight excluding hydrogens is 404 g/mol. The third-order valence-electron chi connectivity index (χ3n) is 6.56. The van der Waals surface area contributed by atoms with Crippen LogP contribution in [0.25, 0.3) is 6.08 Å². The van der Waals surface area contributed by atoms with Gasteiger partial charge in [0.2, 0.25) is 12.7 Å². The van der Waals surface area contributed by atoms with Gasteiger partial charge in [0, 0.05) is 64.1 Å². The second-order valence-electron chi connectivity index (χ2n) is 8.67. The largest absolute Gasteiger partial charge is 0.454 e. The number of hydrogen-bond donors (Lipinski definition) is 0. The Bertz CT molecular complexity index is 957. The Kier molecular flexibility index (Phi) is 6.36. The summed E-state index contributed by atoms with van der Waals surface area (Å²) in [5.74, 6) is 1.77. The van der Waals surface area contributed by atoms with Gasteiger partial charge in [-0.05, 0) is 48.7 Å². The van der Waals surface area contributed by atoms with Crippen molar-refractivity contribution < 1.29 is 14.3 Å². The molecule has 4 heterocycles. The van der Waals surface area contributed by atoms with Gasteiger partial charge >= 0.3 is 0 Å². The third kappa shape index (κ3) is 4.95. The highest BCUT2D eigenvalue weighted by molar-refractivity contribution is 5.91. The van der Waals surface area contributed by atoms with Crippen molar-refractivity contribution in [2.45, 2.75) is 25.4 Å². The summed E-state index contributed by atoms with van der Waals surface area (Å²) in [6.07, 6.45) is 7.43. The zero-order valence-corrected chi connectivity index (χ0v) is 18.4. The molecule has 3 aliphatic rings. The number of hydrogen-bond acceptors (Lipinski definition) is 6. The molecule has 1 aromatic carbocycles. The molecule has 7 heteroatoms. The van der Waals surface area contributed by atoms with Crippen molar-refractivity contribution in [2.24, 2.45) is 0 Å². The van der Waals surface area contributed by atoms with E-state index in [0.29, 0.717) is 12.8 Å². The maximum Gasteiger partial charge on any atom is 0.246 e. The van der Waals surface area contributed by atoms with E-state index in [2.05, 4.69) is 26.9 Å². The van der Waals surface area contributed by atoms with Gasteiger partial charge in [-0.2, -0.15) is 0 Å². The lowest BCUT2D eigenvalue weighted by Crippen LogP contribution is -2.55. The van der Waals surface area contributed by atoms with Crippen LogP contribution in [-0.4, -0.2) is 77.7 Å². The fraction of sp³-hybridized carbons (Fsp3) is 0.440. The number of pyridine rings is 1. The van der Waals surface area contributed by atoms with Gasteiger partial charge in [0.25, 0.3) is 0 Å². The quantitative estimate of drug-likeness (QED) is 0.675. The minimum Gasteiger partial charge on any atom is -0.454 e. The van der Waals surface area contributed by atoms with Crippen molar-refractivity contribution in [3.63, 3.8) is 0 Å². The minimum atomic E-state index is 0.0850. The summed E-state index contributed by atoms with van der Waals surface area (Å²) in [6.45, 7) is 7.06. The first-order chi connectivity index (χ1) is 15.7. The summed E-state index contributed by atoms with van der Waals surface area (Å²) in [7, 11) is 0. The Hall–Kier alpha value is -2.90. The van der Waals surface area contributed by atoms with E-state index in [1.165, 1.54) is 5.56 Å². The van der Waals surface area contributed by atoms with Crippen LogP contribution in [-0.2, 0) is 11.3 Å². The fourth-order valence-electron chi connectivity index (χ4n) is 4.77. The molecule has 0 spiro atoms. The summed E-state index contributed by atoms with van der Waals surface area (Å²) >= 11 is 0. The number of carbonyl (C=O) groups excluding carboxylic acids is 1. The van der Waals surface area contributed by atoms with Gasteiger partial charge in [0.05, 0.1) is 5.69 Å². The Morgan fingerprint density at radius 2 is 1.94 bits per heavy atom. The number of amides is 1. The van der Waals surface area contributed by atoms with E-state index in [-0.39, 0.29) is 5.91 Å². The molecule has 0 bridgehead atoms. The number of rotatable bonds is 5. The molecule has 7 nitrogen and oxygen atoms in total. The number of nitrogens with zero attached hydrogens (tertiary/aromatic N) is 4. The number of piperidine rings is 1. The summed E-state index contributed by atoms with van der Waals surface area (Å²) in [4.78, 5) is 24.0. The molecule has 1 aromatic heterocycles. The topological polar surface area (TPSA) is 58.1 Å². The molecule has 3 aliphatic heterocycles. The predicted octanol–water partition coefficient (Wildman–Crippen LogP) is 2.63. The smallest absolute Gasteiger partial charge is 0.246 e. The van der Waals surface area contributed by atoms with Crippen LogP contribution in [0.3, 0.4) is 0 Å². The summed E-state index contributed by atoms with van der Waals surface area (Å²) in [6, 6.07) is 12.4. The highest BCUT2D eigenvalue weighted by Gasteiger charge is 2.29. The third-order valence-corrected chi connectivity index (χ3v) is 6.56. The summed E-state index contributed by atoms with van der Waals surface area (Å²) in [5.41, 5.74) is 2.07. The van der Waals surface area contributed by atoms with E-state index in [0.717, 1.165) is 75.8 Å². The normalized spacial score (nSPS) is 21.9. The number of likely N-dealkylation sites (tertiary alicyclic amines) is 1. The Morgan fingerprint density at radius 1 is 1.06 bits per heavy atom. The number of ether oxygens (including phenoxy) is 2. The molecule has 0 saturated carbocycles. The zero-order chi connectivity index (χ0) is 21.8. The Balaban J connectivity index is 1.11. The summed E-state index contributed by atoms with van der Waals surface area (Å²) in [5, 5.41) is 0. The first kappa shape index (κ1) is 21.0. The van der Waals surface area contributed by atoms with Crippen molar-refractivity contribution in [3.8, 4) is 11.5 Å². The van der Waals surface area contributed by atoms with Gasteiger partial charge < -0.3 is 14.4 Å². The van der Waals surface area contributed by atoms with E-state index in [9.17, 15) is 4.79 Å². The molecule has 2 fully saturated rings. The maximum atomic E-state index is 12.7. The van der Waals surface area contributed by atoms with Gasteiger partial charge in [0.15, 0.2) is 11.5 Å². The van der Waals surface area contributed by atoms with E-state index in [4.69, 9.17) is 9.47 Å². The predicted molar refractivity (Wildman–Crippen MR) is 122 cm³/mol. The molecule has 1 amide bonds. The van der Waals surface area contributed by atoms with E-state index >= 15 is 0 Å². The number of carbonyl (C=O) groups is 1. The number of benzene rings is 1. The van der Waals surface area contributed by atoms with Crippen LogP contribution < -0.4 is 9.47 Å². The lowest BCUT2D eigenvalue weighted by molar-refractivity contribution is -0.128. The SMILES string of the molecule is O=C(C=Cc1ccccn1)N1CCCC(N2CCN(Cc3ccc4c(c3)OCO4)CC2)C1. The standard InChI is InChI=1S/C25H30N4O3/c30-25(9-7-21-4-1-2-10-26-21)29-11-3-5-22(18-29)28-14-12-27(13-15-28)17-20-6-8-23-24(16-20)32-19-31-23/h1-2,4,6-10,16,22H,3,5,11-15,17-19H2. The fourth-order valence-corrected chi connectivity index (χ4v) is 4.77. The van der Waals surface area contributed by atoms with Crippen LogP contribution in [0.1, 0.15) is 24.1 Å². The Morgan fingerprint density at radius 3 is 2.78 bits per heavy atom. The van der Waals surface area contributed by atoms with Gasteiger partial charge in [0.1, 0.15) is 0 Å². The molecule has 168 valence electrons. The second kappa shape index (κ2) is 9.71. The van der Waals surface area contributed by atoms with Crippen molar-refractivity contribution in [1.82, 2.24) is 19.7 Å². The van der Waals surface area contributed by atoms with Crippen molar-refractivity contribution in [2.75, 3.05) is 46.1 Å². The van der Waals surface area contributed by atoms with Gasteiger partial charge in [-0.15, -0.1) is 0 Å². The Labute approximate surface area is 189 Å². The average Bonchev–Trinajstić information content (AvgIpc) is 3.32. The first-order valence-corrected chi connectivity index (χ1v) is 11.5. The number of piperazine rings is 1. The van der Waals surface area contributed by atoms with Crippen LogP contribution in [0, 0.1) is 0 Å². The van der Waals surface area contributed by atoms with E-state index in [1.807, 2.05) is 29.2 Å². The van der Waals surface area contributed by atoms with Crippen LogP contribution in [0.15, 0.2) is 48.7 Å². The first-order valence-electron chi connectivity index (χ1n) is 11.5. The molecule has 2 saturated heterocycles. The van der Waals surface area contributed by atoms with Crippen LogP contribution >= 0.6 is 0 Å². The second-order valence-corrected chi connectivity index (χ2v) is 8.67. The van der Waals surface area contributed by atoms with Crippen LogP contribution in [0.2, 0.25) is 0 Å². The maximum absolute atomic E-state index is 12.7. The molecule has 1 unspecified atom stereocenters. The van der Waals surface area contributed by atoms with Gasteiger partial charge in [-0.1, -0.05) is 12.1 Å². The zero-order valence-electron chi connectivity index (χ0n) is 18.4. The van der Waals surface area contributed by atoms with E-state index in [1.54, 1.807) is 18.3 Å². The van der Waals surface area contributed by atoms with Gasteiger partial charge in [-0.25, -0.2) is 0 Å². The molecular formula is C25H30N4O3. The minimum absolute atomic E-state index is 0.0850. The monoisotopic (exact) mass is 434 g/mol. The molecule has 0 N–H and O–H groups in total. The van der Waals surface area contributed by atoms with Gasteiger partial charge in [-0.3, -0.25) is 19.6 Å². The van der Waals surface area contributed by atoms with Crippen molar-refractivity contribution in [1.29, 1.82) is 0 Å². The lowest BCUT2D eigenvalue weighted by Gasteiger charge is -2.43. The van der Waals surface area contributed by atoms with Crippen LogP contribution in [0.5, 0.6) is 11.5 Å². The van der Waals surface area contributed by atoms with E-state index < -0.39 is 0 Å². The molecule has 32 heavy (non-hydrogen) atoms. The van der Waals surface area contributed by atoms with Crippen LogP contribution in [0.4, 0.5) is 0 Å². The molecule has 1 atom stereocenters. The molecule has 5 rings (SSSR count). The average molecular weight is 435 g/mol. The number of fused-ring (bicyclic) bond motifs is 1.